The summed E-state index contributed by atoms with van der Waals surface area (Å²) in [5, 5.41) is 0. The first-order valence-electron chi connectivity index (χ1n) is 11.9. The molecule has 1 aliphatic rings. The van der Waals surface area contributed by atoms with Gasteiger partial charge in [0.1, 0.15) is 0 Å². The van der Waals surface area contributed by atoms with Crippen molar-refractivity contribution in [1.82, 2.24) is 4.90 Å². The van der Waals surface area contributed by atoms with Crippen LogP contribution in [0.25, 0.3) is 0 Å². The van der Waals surface area contributed by atoms with E-state index in [0.29, 0.717) is 11.0 Å². The van der Waals surface area contributed by atoms with Crippen LogP contribution in [0.5, 0.6) is 0 Å². The zero-order chi connectivity index (χ0) is 24.8. The van der Waals surface area contributed by atoms with Gasteiger partial charge in [-0.25, -0.2) is 0 Å². The van der Waals surface area contributed by atoms with Crippen LogP contribution >= 0.6 is 0 Å². The van der Waals surface area contributed by atoms with Gasteiger partial charge >= 0.3 is 0 Å². The highest BCUT2D eigenvalue weighted by molar-refractivity contribution is 5.73. The topological polar surface area (TPSA) is 6.48 Å². The van der Waals surface area contributed by atoms with Crippen LogP contribution in [-0.4, -0.2) is 31.6 Å². The number of hydrogen-bond donors (Lipinski definition) is 0. The highest BCUT2D eigenvalue weighted by atomic mass is 15.1. The van der Waals surface area contributed by atoms with Crippen LogP contribution in [0.15, 0.2) is 48.5 Å². The van der Waals surface area contributed by atoms with Crippen LogP contribution in [0, 0.1) is 5.41 Å². The van der Waals surface area contributed by atoms with Crippen LogP contribution in [-0.2, 0) is 6.42 Å². The van der Waals surface area contributed by atoms with Gasteiger partial charge in [-0.05, 0) is 63.5 Å². The number of hydrogen-bond acceptors (Lipinski definition) is 2. The Labute approximate surface area is 195 Å². The largest absolute Gasteiger partial charge is 0.344 e. The van der Waals surface area contributed by atoms with Crippen LogP contribution in [0.4, 0.5) is 11.4 Å². The van der Waals surface area contributed by atoms with Crippen molar-refractivity contribution in [1.29, 1.82) is 0 Å². The number of fused-ring (bicyclic) bond motifs is 2. The van der Waals surface area contributed by atoms with Crippen molar-refractivity contribution in [2.45, 2.75) is 88.1 Å². The summed E-state index contributed by atoms with van der Waals surface area (Å²) in [5.41, 5.74) is 6.32. The van der Waals surface area contributed by atoms with Crippen molar-refractivity contribution in [3.63, 3.8) is 0 Å². The molecule has 0 fully saturated rings. The van der Waals surface area contributed by atoms with E-state index < -0.39 is 0 Å². The van der Waals surface area contributed by atoms with Gasteiger partial charge in [0.25, 0.3) is 0 Å². The molecule has 2 aromatic rings. The molecule has 0 bridgehead atoms. The van der Waals surface area contributed by atoms with Crippen molar-refractivity contribution in [3.8, 4) is 0 Å². The predicted molar refractivity (Wildman–Crippen MR) is 145 cm³/mol. The predicted octanol–water partition coefficient (Wildman–Crippen LogP) is 8.81. The second-order valence-corrected chi connectivity index (χ2v) is 10.1. The molecule has 0 radical (unpaired) electrons. The Hall–Kier alpha value is -1.80. The lowest BCUT2D eigenvalue weighted by Gasteiger charge is -2.29. The van der Waals surface area contributed by atoms with Crippen LogP contribution in [0.1, 0.15) is 87.3 Å². The molecule has 0 aliphatic carbocycles. The molecule has 31 heavy (non-hydrogen) atoms. The summed E-state index contributed by atoms with van der Waals surface area (Å²) in [6, 6.07) is 17.2. The molecule has 0 saturated carbocycles. The van der Waals surface area contributed by atoms with Gasteiger partial charge in [-0.2, -0.15) is 0 Å². The summed E-state index contributed by atoms with van der Waals surface area (Å²) < 4.78 is 0. The van der Waals surface area contributed by atoms with E-state index in [4.69, 9.17) is 0 Å². The van der Waals surface area contributed by atoms with Gasteiger partial charge in [-0.1, -0.05) is 91.8 Å². The minimum atomic E-state index is 0.333. The lowest BCUT2D eigenvalue weighted by atomic mass is 9.96. The van der Waals surface area contributed by atoms with E-state index in [-0.39, 0.29) is 0 Å². The number of anilines is 2. The molecule has 2 heteroatoms. The van der Waals surface area contributed by atoms with Gasteiger partial charge in [0.2, 0.25) is 0 Å². The quantitative estimate of drug-likeness (QED) is 0.413. The molecule has 0 spiro atoms. The maximum Gasteiger partial charge on any atom is 0.0444 e. The monoisotopic (exact) mass is 428 g/mol. The van der Waals surface area contributed by atoms with Gasteiger partial charge in [0.15, 0.2) is 0 Å². The molecular formula is C29H52N2. The minimum absolute atomic E-state index is 0.333. The summed E-state index contributed by atoms with van der Waals surface area (Å²) in [6.07, 6.45) is 1.05. The molecule has 0 N–H and O–H groups in total. The maximum absolute atomic E-state index is 2.27. The molecule has 178 valence electrons. The Balaban J connectivity index is 0. The fraction of sp³-hybridized carbons (Fsp3) is 0.586. The van der Waals surface area contributed by atoms with E-state index >= 15 is 0 Å². The first-order valence-corrected chi connectivity index (χ1v) is 11.9. The second-order valence-electron chi connectivity index (χ2n) is 10.1. The zero-order valence-corrected chi connectivity index (χ0v) is 23.2. The molecule has 0 aromatic heterocycles. The average molecular weight is 429 g/mol. The Morgan fingerprint density at radius 2 is 0.903 bits per heavy atom. The molecule has 3 rings (SSSR count). The third-order valence-corrected chi connectivity index (χ3v) is 4.43. The van der Waals surface area contributed by atoms with E-state index in [1.165, 1.54) is 22.5 Å². The first kappa shape index (κ1) is 31.4. The standard InChI is InChI=1S/C14H13N.C6H15N.C5H12.2C2H6/c1-15-13-8-4-2-6-11(13)10-12-7-3-5-9-14(12)15;1-6(2,3)7(4)5;1-5(2,3)4;2*1-2/h2-9H,10H2,1H3;1-5H3;1-4H3;2*1-2H3. The molecular weight excluding hydrogens is 376 g/mol. The number of benzene rings is 2. The highest BCUT2D eigenvalue weighted by Crippen LogP contribution is 2.36. The molecule has 0 unspecified atom stereocenters. The van der Waals surface area contributed by atoms with E-state index in [2.05, 4.69) is 128 Å². The number of rotatable bonds is 0. The van der Waals surface area contributed by atoms with Crippen molar-refractivity contribution >= 4 is 11.4 Å². The summed E-state index contributed by atoms with van der Waals surface area (Å²) in [5.74, 6) is 0. The van der Waals surface area contributed by atoms with Crippen molar-refractivity contribution in [2.75, 3.05) is 26.0 Å². The summed E-state index contributed by atoms with van der Waals surface area (Å²) >= 11 is 0. The van der Waals surface area contributed by atoms with E-state index in [1.807, 2.05) is 27.7 Å². The van der Waals surface area contributed by atoms with Gasteiger partial charge < -0.3 is 9.80 Å². The fourth-order valence-electron chi connectivity index (χ4n) is 2.31. The molecule has 1 heterocycles. The number of para-hydroxylation sites is 2. The Bertz CT molecular complexity index is 652. The van der Waals surface area contributed by atoms with Crippen molar-refractivity contribution < 1.29 is 0 Å². The maximum atomic E-state index is 2.27. The fourth-order valence-corrected chi connectivity index (χ4v) is 2.31. The van der Waals surface area contributed by atoms with Crippen LogP contribution in [0.2, 0.25) is 0 Å². The number of nitrogens with zero attached hydrogens (tertiary/aromatic N) is 2. The molecule has 0 amide bonds. The minimum Gasteiger partial charge on any atom is -0.344 e. The second kappa shape index (κ2) is 15.1. The lowest BCUT2D eigenvalue weighted by molar-refractivity contribution is 0.219. The summed E-state index contributed by atoms with van der Waals surface area (Å²) in [6.45, 7) is 23.3. The Morgan fingerprint density at radius 1 is 0.645 bits per heavy atom. The third kappa shape index (κ3) is 13.3. The SMILES string of the molecule is CC.CC.CC(C)(C)C.CN(C)C(C)(C)C.CN1c2ccccc2Cc2ccccc21. The van der Waals surface area contributed by atoms with Crippen molar-refractivity contribution in [2.24, 2.45) is 5.41 Å². The lowest BCUT2D eigenvalue weighted by Crippen LogP contribution is -2.34. The molecule has 0 saturated heterocycles. The Morgan fingerprint density at radius 3 is 1.16 bits per heavy atom. The van der Waals surface area contributed by atoms with Crippen molar-refractivity contribution in [3.05, 3.63) is 59.7 Å². The normalized spacial score (nSPS) is 11.6. The van der Waals surface area contributed by atoms with Crippen LogP contribution < -0.4 is 4.90 Å². The first-order chi connectivity index (χ1) is 14.3. The summed E-state index contributed by atoms with van der Waals surface area (Å²) in [4.78, 5) is 4.46. The van der Waals surface area contributed by atoms with E-state index in [9.17, 15) is 0 Å². The van der Waals surface area contributed by atoms with E-state index in [1.54, 1.807) is 0 Å². The van der Waals surface area contributed by atoms with Crippen LogP contribution in [0.3, 0.4) is 0 Å². The Kier molecular flexibility index (Phi) is 15.3. The zero-order valence-electron chi connectivity index (χ0n) is 23.2. The highest BCUT2D eigenvalue weighted by Gasteiger charge is 2.18. The molecule has 0 atom stereocenters. The third-order valence-electron chi connectivity index (χ3n) is 4.43. The average Bonchev–Trinajstić information content (AvgIpc) is 2.70. The van der Waals surface area contributed by atoms with Gasteiger partial charge in [0, 0.05) is 30.4 Å². The smallest absolute Gasteiger partial charge is 0.0444 e. The molecule has 2 nitrogen and oxygen atoms in total. The summed E-state index contributed by atoms with van der Waals surface area (Å²) in [7, 11) is 6.30. The van der Waals surface area contributed by atoms with E-state index in [0.717, 1.165) is 6.42 Å². The van der Waals surface area contributed by atoms with Gasteiger partial charge in [0.05, 0.1) is 0 Å². The molecule has 2 aromatic carbocycles. The van der Waals surface area contributed by atoms with Gasteiger partial charge in [-0.15, -0.1) is 0 Å². The molecule has 1 aliphatic heterocycles. The van der Waals surface area contributed by atoms with Gasteiger partial charge in [-0.3, -0.25) is 0 Å².